The number of likely N-dealkylation sites (tertiary alicyclic amines) is 1. The van der Waals surface area contributed by atoms with Crippen LogP contribution in [0.25, 0.3) is 0 Å². The second-order valence-electron chi connectivity index (χ2n) is 6.31. The number of hydrogen-bond acceptors (Lipinski definition) is 4. The number of carbonyl (C=O) groups is 2. The van der Waals surface area contributed by atoms with Crippen molar-refractivity contribution < 1.29 is 23.5 Å². The van der Waals surface area contributed by atoms with E-state index in [1.165, 1.54) is 6.07 Å². The van der Waals surface area contributed by atoms with Gasteiger partial charge in [0.25, 0.3) is 5.91 Å². The number of amides is 1. The van der Waals surface area contributed by atoms with E-state index in [9.17, 15) is 9.59 Å². The van der Waals surface area contributed by atoms with E-state index in [-0.39, 0.29) is 23.3 Å². The van der Waals surface area contributed by atoms with Crippen molar-refractivity contribution in [1.82, 2.24) is 4.90 Å². The van der Waals surface area contributed by atoms with Crippen LogP contribution in [0.4, 0.5) is 0 Å². The van der Waals surface area contributed by atoms with Gasteiger partial charge >= 0.3 is 5.97 Å². The third-order valence-corrected chi connectivity index (χ3v) is 4.54. The molecule has 24 heavy (non-hydrogen) atoms. The molecule has 1 aliphatic rings. The highest BCUT2D eigenvalue weighted by atomic mass is 16.4. The normalized spacial score (nSPS) is 21.0. The van der Waals surface area contributed by atoms with Gasteiger partial charge in [0, 0.05) is 19.0 Å². The first-order valence-electron chi connectivity index (χ1n) is 8.21. The molecule has 1 fully saturated rings. The van der Waals surface area contributed by atoms with Gasteiger partial charge in [0.15, 0.2) is 5.76 Å². The number of carboxylic acids is 1. The minimum absolute atomic E-state index is 0.0217. The van der Waals surface area contributed by atoms with Crippen molar-refractivity contribution in [1.29, 1.82) is 0 Å². The smallest absolute Gasteiger partial charge is 0.338 e. The minimum Gasteiger partial charge on any atom is -0.478 e. The van der Waals surface area contributed by atoms with Crippen molar-refractivity contribution in [2.45, 2.75) is 39.2 Å². The second-order valence-corrected chi connectivity index (χ2v) is 6.31. The number of carbonyl (C=O) groups excluding carboxylic acids is 1. The lowest BCUT2D eigenvalue weighted by molar-refractivity contribution is 0.0487. The van der Waals surface area contributed by atoms with Crippen molar-refractivity contribution in [2.75, 3.05) is 6.54 Å². The number of aryl methyl sites for hydroxylation is 1. The average molecular weight is 331 g/mol. The van der Waals surface area contributed by atoms with Crippen LogP contribution in [-0.4, -0.2) is 28.4 Å². The van der Waals surface area contributed by atoms with Crippen molar-refractivity contribution in [2.24, 2.45) is 5.92 Å². The van der Waals surface area contributed by atoms with Crippen LogP contribution in [0.15, 0.2) is 33.3 Å². The van der Waals surface area contributed by atoms with Gasteiger partial charge in [0.2, 0.25) is 0 Å². The quantitative estimate of drug-likeness (QED) is 0.922. The number of carboxylic acid groups (broad SMARTS) is 1. The Morgan fingerprint density at radius 2 is 2.17 bits per heavy atom. The summed E-state index contributed by atoms with van der Waals surface area (Å²) in [7, 11) is 0. The van der Waals surface area contributed by atoms with Crippen LogP contribution >= 0.6 is 0 Å². The highest BCUT2D eigenvalue weighted by Crippen LogP contribution is 2.36. The Morgan fingerprint density at radius 1 is 1.38 bits per heavy atom. The fourth-order valence-electron chi connectivity index (χ4n) is 3.12. The Morgan fingerprint density at radius 3 is 2.79 bits per heavy atom. The van der Waals surface area contributed by atoms with Gasteiger partial charge in [-0.1, -0.05) is 13.8 Å². The largest absolute Gasteiger partial charge is 0.478 e. The molecule has 0 saturated carbocycles. The zero-order valence-electron chi connectivity index (χ0n) is 13.8. The van der Waals surface area contributed by atoms with Crippen molar-refractivity contribution in [3.63, 3.8) is 0 Å². The summed E-state index contributed by atoms with van der Waals surface area (Å²) < 4.78 is 11.0. The topological polar surface area (TPSA) is 83.9 Å². The molecule has 2 atom stereocenters. The van der Waals surface area contributed by atoms with E-state index in [0.717, 1.165) is 37.0 Å². The van der Waals surface area contributed by atoms with Gasteiger partial charge in [0.1, 0.15) is 17.8 Å². The standard InChI is InChI=1S/C18H21NO5/c1-3-13-4-5-15(24-13)14-8-11(2)6-7-19(14)17(20)16-9-12(10-23-16)18(21)22/h4-5,9-11,14H,3,6-8H2,1-2H3,(H,21,22). The number of rotatable bonds is 4. The highest BCUT2D eigenvalue weighted by Gasteiger charge is 2.34. The first-order chi connectivity index (χ1) is 11.5. The summed E-state index contributed by atoms with van der Waals surface area (Å²) in [5.74, 6) is 0.794. The molecule has 1 N–H and O–H groups in total. The summed E-state index contributed by atoms with van der Waals surface area (Å²) in [4.78, 5) is 25.5. The number of nitrogens with zero attached hydrogens (tertiary/aromatic N) is 1. The van der Waals surface area contributed by atoms with E-state index >= 15 is 0 Å². The monoisotopic (exact) mass is 331 g/mol. The van der Waals surface area contributed by atoms with E-state index in [2.05, 4.69) is 6.92 Å². The van der Waals surface area contributed by atoms with Crippen LogP contribution in [0, 0.1) is 5.92 Å². The predicted molar refractivity (Wildman–Crippen MR) is 85.9 cm³/mol. The zero-order chi connectivity index (χ0) is 17.3. The Hall–Kier alpha value is -2.50. The molecule has 0 aromatic carbocycles. The Bertz CT molecular complexity index is 744. The summed E-state index contributed by atoms with van der Waals surface area (Å²) in [6.45, 7) is 4.77. The van der Waals surface area contributed by atoms with E-state index in [4.69, 9.17) is 13.9 Å². The van der Waals surface area contributed by atoms with Crippen LogP contribution in [-0.2, 0) is 6.42 Å². The van der Waals surface area contributed by atoms with E-state index in [0.29, 0.717) is 12.5 Å². The number of piperidine rings is 1. The average Bonchev–Trinajstić information content (AvgIpc) is 3.23. The van der Waals surface area contributed by atoms with E-state index in [1.807, 2.05) is 19.1 Å². The summed E-state index contributed by atoms with van der Waals surface area (Å²) >= 11 is 0. The van der Waals surface area contributed by atoms with E-state index < -0.39 is 5.97 Å². The Kier molecular flexibility index (Phi) is 4.46. The van der Waals surface area contributed by atoms with Crippen molar-refractivity contribution in [3.05, 3.63) is 47.3 Å². The fourth-order valence-corrected chi connectivity index (χ4v) is 3.12. The summed E-state index contributed by atoms with van der Waals surface area (Å²) in [5.41, 5.74) is -0.0217. The maximum Gasteiger partial charge on any atom is 0.338 e. The van der Waals surface area contributed by atoms with Gasteiger partial charge in [-0.3, -0.25) is 4.79 Å². The molecule has 6 nitrogen and oxygen atoms in total. The molecule has 3 rings (SSSR count). The lowest BCUT2D eigenvalue weighted by Crippen LogP contribution is -2.40. The molecule has 0 radical (unpaired) electrons. The molecule has 3 heterocycles. The summed E-state index contributed by atoms with van der Waals surface area (Å²) in [5, 5.41) is 8.98. The lowest BCUT2D eigenvalue weighted by Gasteiger charge is -2.37. The van der Waals surface area contributed by atoms with Crippen molar-refractivity contribution >= 4 is 11.9 Å². The first kappa shape index (κ1) is 16.4. The predicted octanol–water partition coefficient (Wildman–Crippen LogP) is 3.75. The third-order valence-electron chi connectivity index (χ3n) is 4.54. The summed E-state index contributed by atoms with van der Waals surface area (Å²) in [6, 6.07) is 4.98. The zero-order valence-corrected chi connectivity index (χ0v) is 13.8. The number of furan rings is 2. The third kappa shape index (κ3) is 3.09. The maximum atomic E-state index is 12.8. The Balaban J connectivity index is 1.87. The maximum absolute atomic E-state index is 12.8. The fraction of sp³-hybridized carbons (Fsp3) is 0.444. The summed E-state index contributed by atoms with van der Waals surface area (Å²) in [6.07, 6.45) is 3.61. The second kappa shape index (κ2) is 6.55. The number of hydrogen-bond donors (Lipinski definition) is 1. The van der Waals surface area contributed by atoms with Gasteiger partial charge in [-0.15, -0.1) is 0 Å². The van der Waals surface area contributed by atoms with Gasteiger partial charge in [-0.2, -0.15) is 0 Å². The van der Waals surface area contributed by atoms with Crippen molar-refractivity contribution in [3.8, 4) is 0 Å². The molecule has 6 heteroatoms. The minimum atomic E-state index is -1.11. The highest BCUT2D eigenvalue weighted by molar-refractivity contribution is 5.95. The molecule has 2 aromatic heterocycles. The molecule has 2 aromatic rings. The molecule has 128 valence electrons. The van der Waals surface area contributed by atoms with Crippen LogP contribution < -0.4 is 0 Å². The SMILES string of the molecule is CCc1ccc(C2CC(C)CCN2C(=O)c2cc(C(=O)O)co2)o1. The van der Waals surface area contributed by atoms with Crippen LogP contribution in [0.1, 0.15) is 65.2 Å². The molecule has 1 saturated heterocycles. The molecule has 2 unspecified atom stereocenters. The molecule has 0 spiro atoms. The Labute approximate surface area is 140 Å². The van der Waals surface area contributed by atoms with Crippen LogP contribution in [0.2, 0.25) is 0 Å². The molecule has 1 amide bonds. The van der Waals surface area contributed by atoms with Crippen LogP contribution in [0.5, 0.6) is 0 Å². The van der Waals surface area contributed by atoms with E-state index in [1.54, 1.807) is 4.90 Å². The first-order valence-corrected chi connectivity index (χ1v) is 8.21. The molecular weight excluding hydrogens is 310 g/mol. The van der Waals surface area contributed by atoms with Gasteiger partial charge in [-0.05, 0) is 30.9 Å². The molecule has 1 aliphatic heterocycles. The van der Waals surface area contributed by atoms with Gasteiger partial charge in [0.05, 0.1) is 11.6 Å². The molecule has 0 aliphatic carbocycles. The molecule has 0 bridgehead atoms. The van der Waals surface area contributed by atoms with Crippen LogP contribution in [0.3, 0.4) is 0 Å². The lowest BCUT2D eigenvalue weighted by atomic mass is 9.91. The van der Waals surface area contributed by atoms with Gasteiger partial charge in [-0.25, -0.2) is 4.79 Å². The van der Waals surface area contributed by atoms with Gasteiger partial charge < -0.3 is 18.8 Å². The number of aromatic carboxylic acids is 1. The molecular formula is C18H21NO5.